The highest BCUT2D eigenvalue weighted by atomic mass is 32.2. The number of anilines is 1. The zero-order valence-electron chi connectivity index (χ0n) is 18.2. The summed E-state index contributed by atoms with van der Waals surface area (Å²) in [5.41, 5.74) is 0.832. The van der Waals surface area contributed by atoms with Crippen molar-refractivity contribution in [1.82, 2.24) is 24.3 Å². The molecule has 1 saturated carbocycles. The Hall–Kier alpha value is -2.53. The SMILES string of the molecule is CS(=O)(=O)N1CCC(C(=O)N2CCN(c3ccc(-c4noc(C5CC5)n4)cn3)CC2)CC1. The van der Waals surface area contributed by atoms with Crippen LogP contribution in [-0.2, 0) is 14.8 Å². The molecule has 2 aliphatic heterocycles. The van der Waals surface area contributed by atoms with Crippen molar-refractivity contribution in [2.24, 2.45) is 5.92 Å². The van der Waals surface area contributed by atoms with Crippen LogP contribution in [0.2, 0.25) is 0 Å². The van der Waals surface area contributed by atoms with Crippen LogP contribution in [0.3, 0.4) is 0 Å². The van der Waals surface area contributed by atoms with Crippen LogP contribution in [0, 0.1) is 5.92 Å². The van der Waals surface area contributed by atoms with Gasteiger partial charge in [0.05, 0.1) is 6.26 Å². The van der Waals surface area contributed by atoms with E-state index < -0.39 is 10.0 Å². The summed E-state index contributed by atoms with van der Waals surface area (Å²) in [6, 6.07) is 3.91. The number of rotatable bonds is 5. The highest BCUT2D eigenvalue weighted by molar-refractivity contribution is 7.88. The van der Waals surface area contributed by atoms with Crippen molar-refractivity contribution < 1.29 is 17.7 Å². The van der Waals surface area contributed by atoms with Crippen LogP contribution in [0.25, 0.3) is 11.4 Å². The maximum atomic E-state index is 12.9. The maximum absolute atomic E-state index is 12.9. The monoisotopic (exact) mass is 460 g/mol. The van der Waals surface area contributed by atoms with E-state index in [4.69, 9.17) is 4.52 Å². The number of amides is 1. The Kier molecular flexibility index (Phi) is 5.62. The van der Waals surface area contributed by atoms with E-state index in [1.807, 2.05) is 17.0 Å². The number of carbonyl (C=O) groups excluding carboxylic acids is 1. The molecule has 1 amide bonds. The van der Waals surface area contributed by atoms with Crippen LogP contribution in [-0.4, -0.2) is 84.2 Å². The number of carbonyl (C=O) groups is 1. The molecular formula is C21H28N6O4S. The van der Waals surface area contributed by atoms with Crippen molar-refractivity contribution in [3.63, 3.8) is 0 Å². The van der Waals surface area contributed by atoms with E-state index in [2.05, 4.69) is 20.0 Å². The van der Waals surface area contributed by atoms with Gasteiger partial charge in [-0.2, -0.15) is 4.98 Å². The first-order chi connectivity index (χ1) is 15.4. The molecule has 0 unspecified atom stereocenters. The average Bonchev–Trinajstić information content (AvgIpc) is 3.55. The lowest BCUT2D eigenvalue weighted by Crippen LogP contribution is -2.52. The molecule has 2 aromatic rings. The molecule has 1 aliphatic carbocycles. The van der Waals surface area contributed by atoms with Crippen molar-refractivity contribution in [3.8, 4) is 11.4 Å². The van der Waals surface area contributed by atoms with Crippen LogP contribution in [0.1, 0.15) is 37.5 Å². The summed E-state index contributed by atoms with van der Waals surface area (Å²) >= 11 is 0. The minimum absolute atomic E-state index is 0.0903. The van der Waals surface area contributed by atoms with Gasteiger partial charge in [-0.1, -0.05) is 5.16 Å². The normalized spacial score (nSPS) is 21.2. The van der Waals surface area contributed by atoms with E-state index in [1.165, 1.54) is 10.6 Å². The molecule has 0 spiro atoms. The summed E-state index contributed by atoms with van der Waals surface area (Å²) in [6.45, 7) is 3.57. The topological polar surface area (TPSA) is 113 Å². The van der Waals surface area contributed by atoms with Crippen molar-refractivity contribution in [2.75, 3.05) is 50.4 Å². The number of sulfonamides is 1. The van der Waals surface area contributed by atoms with E-state index in [0.29, 0.717) is 69.7 Å². The van der Waals surface area contributed by atoms with E-state index in [-0.39, 0.29) is 11.8 Å². The Morgan fingerprint density at radius 3 is 2.34 bits per heavy atom. The lowest BCUT2D eigenvalue weighted by atomic mass is 9.96. The molecule has 3 fully saturated rings. The molecule has 0 N–H and O–H groups in total. The standard InChI is InChI=1S/C21H28N6O4S/c1-32(29,30)27-8-6-16(7-9-27)21(28)26-12-10-25(11-13-26)18-5-4-17(14-22-18)19-23-20(31-24-19)15-2-3-15/h4-5,14-16H,2-3,6-13H2,1H3. The first kappa shape index (κ1) is 21.3. The molecule has 3 aliphatic rings. The highest BCUT2D eigenvalue weighted by Crippen LogP contribution is 2.39. The quantitative estimate of drug-likeness (QED) is 0.657. The van der Waals surface area contributed by atoms with Gasteiger partial charge >= 0.3 is 0 Å². The minimum atomic E-state index is -3.18. The molecule has 10 nitrogen and oxygen atoms in total. The summed E-state index contributed by atoms with van der Waals surface area (Å²) in [6.07, 6.45) is 6.41. The summed E-state index contributed by atoms with van der Waals surface area (Å²) in [4.78, 5) is 26.0. The minimum Gasteiger partial charge on any atom is -0.353 e. The molecule has 172 valence electrons. The van der Waals surface area contributed by atoms with Crippen molar-refractivity contribution in [3.05, 3.63) is 24.2 Å². The fraction of sp³-hybridized carbons (Fsp3) is 0.619. The predicted octanol–water partition coefficient (Wildman–Crippen LogP) is 1.33. The van der Waals surface area contributed by atoms with Gasteiger partial charge in [-0.05, 0) is 37.8 Å². The molecule has 11 heteroatoms. The van der Waals surface area contributed by atoms with E-state index in [9.17, 15) is 13.2 Å². The molecule has 2 aromatic heterocycles. The second-order valence-corrected chi connectivity index (χ2v) is 10.9. The van der Waals surface area contributed by atoms with Gasteiger partial charge < -0.3 is 14.3 Å². The first-order valence-corrected chi connectivity index (χ1v) is 13.0. The summed E-state index contributed by atoms with van der Waals surface area (Å²) in [5.74, 6) is 2.63. The molecule has 0 atom stereocenters. The fourth-order valence-corrected chi connectivity index (χ4v) is 5.28. The molecule has 2 saturated heterocycles. The first-order valence-electron chi connectivity index (χ1n) is 11.2. The second kappa shape index (κ2) is 8.43. The Morgan fingerprint density at radius 2 is 1.75 bits per heavy atom. The van der Waals surface area contributed by atoms with Gasteiger partial charge in [0.1, 0.15) is 5.82 Å². The number of piperidine rings is 1. The Labute approximate surface area is 187 Å². The Morgan fingerprint density at radius 1 is 1.03 bits per heavy atom. The molecular weight excluding hydrogens is 432 g/mol. The van der Waals surface area contributed by atoms with E-state index >= 15 is 0 Å². The van der Waals surface area contributed by atoms with Crippen LogP contribution in [0.5, 0.6) is 0 Å². The Bertz CT molecular complexity index is 1070. The van der Waals surface area contributed by atoms with Crippen LogP contribution in [0.4, 0.5) is 5.82 Å². The number of pyridine rings is 1. The number of nitrogens with zero attached hydrogens (tertiary/aromatic N) is 6. The average molecular weight is 461 g/mol. The van der Waals surface area contributed by atoms with Gasteiger partial charge in [-0.15, -0.1) is 0 Å². The largest absolute Gasteiger partial charge is 0.353 e. The molecule has 0 radical (unpaired) electrons. The van der Waals surface area contributed by atoms with Gasteiger partial charge in [-0.3, -0.25) is 4.79 Å². The van der Waals surface area contributed by atoms with Crippen molar-refractivity contribution in [2.45, 2.75) is 31.6 Å². The van der Waals surface area contributed by atoms with Crippen LogP contribution >= 0.6 is 0 Å². The summed E-state index contributed by atoms with van der Waals surface area (Å²) < 4.78 is 30.1. The van der Waals surface area contributed by atoms with Crippen molar-refractivity contribution >= 4 is 21.7 Å². The molecule has 0 bridgehead atoms. The third kappa shape index (κ3) is 4.49. The van der Waals surface area contributed by atoms with E-state index in [1.54, 1.807) is 6.20 Å². The van der Waals surface area contributed by atoms with Gasteiger partial charge in [0.25, 0.3) is 0 Å². The number of piperazine rings is 1. The van der Waals surface area contributed by atoms with Gasteiger partial charge in [0, 0.05) is 62.9 Å². The van der Waals surface area contributed by atoms with E-state index in [0.717, 1.165) is 24.2 Å². The number of hydrogen-bond donors (Lipinski definition) is 0. The Balaban J connectivity index is 1.14. The third-order valence-corrected chi connectivity index (χ3v) is 7.87. The fourth-order valence-electron chi connectivity index (χ4n) is 4.40. The van der Waals surface area contributed by atoms with Gasteiger partial charge in [-0.25, -0.2) is 17.7 Å². The smallest absolute Gasteiger partial charge is 0.230 e. The van der Waals surface area contributed by atoms with Crippen LogP contribution in [0.15, 0.2) is 22.9 Å². The number of hydrogen-bond acceptors (Lipinski definition) is 8. The molecule has 4 heterocycles. The summed E-state index contributed by atoms with van der Waals surface area (Å²) in [7, 11) is -3.18. The number of aromatic nitrogens is 3. The van der Waals surface area contributed by atoms with Gasteiger partial charge in [0.15, 0.2) is 0 Å². The molecule has 32 heavy (non-hydrogen) atoms. The zero-order valence-corrected chi connectivity index (χ0v) is 19.0. The van der Waals surface area contributed by atoms with Crippen LogP contribution < -0.4 is 4.90 Å². The van der Waals surface area contributed by atoms with Crippen molar-refractivity contribution in [1.29, 1.82) is 0 Å². The zero-order chi connectivity index (χ0) is 22.3. The van der Waals surface area contributed by atoms with Gasteiger partial charge in [0.2, 0.25) is 27.6 Å². The lowest BCUT2D eigenvalue weighted by molar-refractivity contribution is -0.137. The maximum Gasteiger partial charge on any atom is 0.230 e. The third-order valence-electron chi connectivity index (χ3n) is 6.56. The molecule has 5 rings (SSSR count). The second-order valence-electron chi connectivity index (χ2n) is 8.88. The summed E-state index contributed by atoms with van der Waals surface area (Å²) in [5, 5.41) is 4.06. The lowest BCUT2D eigenvalue weighted by Gasteiger charge is -2.38. The highest BCUT2D eigenvalue weighted by Gasteiger charge is 2.33. The predicted molar refractivity (Wildman–Crippen MR) is 117 cm³/mol. The molecule has 0 aromatic carbocycles.